The summed E-state index contributed by atoms with van der Waals surface area (Å²) in [6.07, 6.45) is 5.14. The summed E-state index contributed by atoms with van der Waals surface area (Å²) in [4.78, 5) is 2.70. The van der Waals surface area contributed by atoms with Crippen molar-refractivity contribution in [3.8, 4) is 0 Å². The molecular weight excluding hydrogens is 355 g/mol. The first-order valence-corrected chi connectivity index (χ1v) is 8.38. The topological polar surface area (TPSA) is 24.5 Å². The number of halogens is 3. The summed E-state index contributed by atoms with van der Waals surface area (Å²) < 4.78 is 5.64. The summed E-state index contributed by atoms with van der Waals surface area (Å²) in [6.45, 7) is 3.37. The van der Waals surface area contributed by atoms with Crippen molar-refractivity contribution in [1.29, 1.82) is 0 Å². The zero-order valence-electron chi connectivity index (χ0n) is 13.5. The molecule has 132 valence electrons. The number of methoxy groups -OCH3 is 1. The van der Waals surface area contributed by atoms with Gasteiger partial charge in [-0.1, -0.05) is 23.7 Å². The lowest BCUT2D eigenvalue weighted by atomic mass is 9.99. The molecule has 1 N–H and O–H groups in total. The van der Waals surface area contributed by atoms with Gasteiger partial charge in [-0.3, -0.25) is 4.90 Å². The maximum atomic E-state index is 5.99. The minimum Gasteiger partial charge on any atom is -0.380 e. The van der Waals surface area contributed by atoms with Crippen LogP contribution in [0.2, 0.25) is 5.02 Å². The second-order valence-electron chi connectivity index (χ2n) is 6.26. The lowest BCUT2D eigenvalue weighted by molar-refractivity contribution is 0.0931. The molecule has 3 nitrogen and oxygen atoms in total. The molecule has 23 heavy (non-hydrogen) atoms. The molecule has 1 aromatic carbocycles. The molecule has 2 aliphatic heterocycles. The molecule has 2 atom stereocenters. The van der Waals surface area contributed by atoms with Gasteiger partial charge in [0.15, 0.2) is 0 Å². The van der Waals surface area contributed by atoms with Gasteiger partial charge >= 0.3 is 0 Å². The van der Waals surface area contributed by atoms with Gasteiger partial charge in [0.05, 0.1) is 6.10 Å². The highest BCUT2D eigenvalue weighted by Crippen LogP contribution is 2.28. The van der Waals surface area contributed by atoms with Crippen LogP contribution in [-0.2, 0) is 11.2 Å². The predicted molar refractivity (Wildman–Crippen MR) is 101 cm³/mol. The summed E-state index contributed by atoms with van der Waals surface area (Å²) >= 11 is 5.99. The first-order chi connectivity index (χ1) is 10.3. The number of ether oxygens (including phenoxy) is 1. The minimum absolute atomic E-state index is 0. The first-order valence-electron chi connectivity index (χ1n) is 8.00. The molecule has 0 spiro atoms. The third-order valence-corrected chi connectivity index (χ3v) is 5.17. The minimum atomic E-state index is 0. The van der Waals surface area contributed by atoms with Gasteiger partial charge in [-0.25, -0.2) is 0 Å². The van der Waals surface area contributed by atoms with Gasteiger partial charge in [0, 0.05) is 30.8 Å². The van der Waals surface area contributed by atoms with Crippen LogP contribution in [0.25, 0.3) is 0 Å². The Morgan fingerprint density at radius 3 is 2.43 bits per heavy atom. The lowest BCUT2D eigenvalue weighted by Crippen LogP contribution is -2.46. The molecule has 2 heterocycles. The highest BCUT2D eigenvalue weighted by molar-refractivity contribution is 6.30. The van der Waals surface area contributed by atoms with Crippen molar-refractivity contribution < 1.29 is 4.74 Å². The van der Waals surface area contributed by atoms with Gasteiger partial charge in [0.2, 0.25) is 0 Å². The molecule has 0 saturated carbocycles. The van der Waals surface area contributed by atoms with Crippen molar-refractivity contribution in [3.05, 3.63) is 34.9 Å². The van der Waals surface area contributed by atoms with Gasteiger partial charge in [-0.15, -0.1) is 24.8 Å². The van der Waals surface area contributed by atoms with E-state index in [0.29, 0.717) is 18.2 Å². The number of rotatable bonds is 4. The number of nitrogens with one attached hydrogen (secondary N) is 1. The lowest BCUT2D eigenvalue weighted by Gasteiger charge is -2.35. The number of likely N-dealkylation sites (tertiary alicyclic amines) is 1. The normalized spacial score (nSPS) is 25.7. The maximum absolute atomic E-state index is 5.99. The Hall–Kier alpha value is -0.0300. The van der Waals surface area contributed by atoms with Crippen molar-refractivity contribution in [3.63, 3.8) is 0 Å². The van der Waals surface area contributed by atoms with Crippen molar-refractivity contribution in [1.82, 2.24) is 10.2 Å². The van der Waals surface area contributed by atoms with Crippen LogP contribution in [0.5, 0.6) is 0 Å². The summed E-state index contributed by atoms with van der Waals surface area (Å²) in [7, 11) is 1.84. The predicted octanol–water partition coefficient (Wildman–Crippen LogP) is 3.57. The Labute approximate surface area is 156 Å². The van der Waals surface area contributed by atoms with Gasteiger partial charge < -0.3 is 10.1 Å². The van der Waals surface area contributed by atoms with E-state index in [4.69, 9.17) is 16.3 Å². The van der Waals surface area contributed by atoms with Crippen molar-refractivity contribution in [2.45, 2.75) is 43.9 Å². The fourth-order valence-corrected chi connectivity index (χ4v) is 3.87. The number of hydrogen-bond acceptors (Lipinski definition) is 3. The quantitative estimate of drug-likeness (QED) is 0.863. The molecule has 6 heteroatoms. The van der Waals surface area contributed by atoms with Crippen LogP contribution in [0.3, 0.4) is 0 Å². The first kappa shape index (κ1) is 21.0. The molecular formula is C17H27Cl3N2O. The average molecular weight is 382 g/mol. The Morgan fingerprint density at radius 2 is 1.83 bits per heavy atom. The van der Waals surface area contributed by atoms with Gasteiger partial charge in [-0.2, -0.15) is 0 Å². The van der Waals surface area contributed by atoms with E-state index in [2.05, 4.69) is 22.3 Å². The van der Waals surface area contributed by atoms with E-state index < -0.39 is 0 Å². The van der Waals surface area contributed by atoms with E-state index in [1.165, 1.54) is 18.4 Å². The number of piperidine rings is 1. The summed E-state index contributed by atoms with van der Waals surface area (Å²) in [6, 6.07) is 9.61. The Bertz CT molecular complexity index is 452. The van der Waals surface area contributed by atoms with E-state index >= 15 is 0 Å². The van der Waals surface area contributed by atoms with Crippen LogP contribution < -0.4 is 5.32 Å². The number of nitrogens with zero attached hydrogens (tertiary/aromatic N) is 1. The zero-order valence-corrected chi connectivity index (χ0v) is 15.9. The van der Waals surface area contributed by atoms with Crippen LogP contribution in [0.1, 0.15) is 24.8 Å². The summed E-state index contributed by atoms with van der Waals surface area (Å²) in [5.74, 6) is 0. The van der Waals surface area contributed by atoms with Gasteiger partial charge in [0.25, 0.3) is 0 Å². The van der Waals surface area contributed by atoms with E-state index in [-0.39, 0.29) is 24.8 Å². The standard InChI is InChI=1S/C17H25ClN2O.2ClH/c1-21-17-11-16(10-13-2-4-14(18)5-3-13)20(12-17)15-6-8-19-9-7-15;;/h2-5,15-17,19H,6-12H2,1H3;2*1H/t16-,17-;;/m0../s1. The Kier molecular flexibility index (Phi) is 9.20. The third kappa shape index (κ3) is 5.48. The summed E-state index contributed by atoms with van der Waals surface area (Å²) in [5.41, 5.74) is 1.38. The second-order valence-corrected chi connectivity index (χ2v) is 6.69. The van der Waals surface area contributed by atoms with Crippen LogP contribution in [0.15, 0.2) is 24.3 Å². The monoisotopic (exact) mass is 380 g/mol. The molecule has 0 bridgehead atoms. The molecule has 0 aliphatic carbocycles. The molecule has 2 saturated heterocycles. The second kappa shape index (κ2) is 10.1. The zero-order chi connectivity index (χ0) is 14.7. The number of benzene rings is 1. The molecule has 0 aromatic heterocycles. The van der Waals surface area contributed by atoms with E-state index in [0.717, 1.165) is 37.5 Å². The SMILES string of the molecule is CO[C@H]1C[C@H](Cc2ccc(Cl)cc2)N(C2CCNCC2)C1.Cl.Cl. The third-order valence-electron chi connectivity index (χ3n) is 4.91. The van der Waals surface area contributed by atoms with Gasteiger partial charge in [-0.05, 0) is 56.5 Å². The smallest absolute Gasteiger partial charge is 0.0713 e. The molecule has 0 radical (unpaired) electrons. The fourth-order valence-electron chi connectivity index (χ4n) is 3.75. The maximum Gasteiger partial charge on any atom is 0.0713 e. The summed E-state index contributed by atoms with van der Waals surface area (Å²) in [5, 5.41) is 4.28. The number of hydrogen-bond donors (Lipinski definition) is 1. The Morgan fingerprint density at radius 1 is 1.17 bits per heavy atom. The highest BCUT2D eigenvalue weighted by atomic mass is 35.5. The molecule has 2 aliphatic rings. The molecule has 1 aromatic rings. The Balaban J connectivity index is 0.00000132. The van der Waals surface area contributed by atoms with Crippen molar-refractivity contribution in [2.75, 3.05) is 26.7 Å². The van der Waals surface area contributed by atoms with Crippen molar-refractivity contribution >= 4 is 36.4 Å². The van der Waals surface area contributed by atoms with Crippen LogP contribution >= 0.6 is 36.4 Å². The average Bonchev–Trinajstić information content (AvgIpc) is 2.93. The van der Waals surface area contributed by atoms with E-state index in [1.54, 1.807) is 0 Å². The molecule has 0 unspecified atom stereocenters. The fraction of sp³-hybridized carbons (Fsp3) is 0.647. The highest BCUT2D eigenvalue weighted by Gasteiger charge is 2.36. The van der Waals surface area contributed by atoms with Gasteiger partial charge in [0.1, 0.15) is 0 Å². The van der Waals surface area contributed by atoms with Crippen molar-refractivity contribution in [2.24, 2.45) is 0 Å². The van der Waals surface area contributed by atoms with Crippen LogP contribution in [-0.4, -0.2) is 49.8 Å². The van der Waals surface area contributed by atoms with E-state index in [9.17, 15) is 0 Å². The largest absolute Gasteiger partial charge is 0.380 e. The van der Waals surface area contributed by atoms with E-state index in [1.807, 2.05) is 19.2 Å². The molecule has 3 rings (SSSR count). The van der Waals surface area contributed by atoms with Crippen LogP contribution in [0, 0.1) is 0 Å². The molecule has 0 amide bonds. The van der Waals surface area contributed by atoms with Crippen LogP contribution in [0.4, 0.5) is 0 Å². The molecule has 2 fully saturated rings.